The standard InChI is InChI=1S/C7H14O/c1-6(5-8)7(2,3)4/h8H,1,5H2,2-4H3. The van der Waals surface area contributed by atoms with Gasteiger partial charge in [0.05, 0.1) is 6.61 Å². The summed E-state index contributed by atoms with van der Waals surface area (Å²) in [5, 5.41) is 8.57. The molecule has 0 bridgehead atoms. The van der Waals surface area contributed by atoms with Crippen LogP contribution in [0.4, 0.5) is 0 Å². The summed E-state index contributed by atoms with van der Waals surface area (Å²) in [6.45, 7) is 9.90. The lowest BCUT2D eigenvalue weighted by atomic mass is 9.88. The Morgan fingerprint density at radius 3 is 1.88 bits per heavy atom. The average molecular weight is 114 g/mol. The molecule has 0 amide bonds. The molecule has 0 spiro atoms. The molecule has 0 aliphatic rings. The highest BCUT2D eigenvalue weighted by atomic mass is 16.3. The van der Waals surface area contributed by atoms with Crippen LogP contribution in [-0.2, 0) is 0 Å². The molecule has 48 valence electrons. The van der Waals surface area contributed by atoms with Crippen LogP contribution in [0.3, 0.4) is 0 Å². The van der Waals surface area contributed by atoms with Crippen molar-refractivity contribution >= 4 is 0 Å². The van der Waals surface area contributed by atoms with Gasteiger partial charge in [0.15, 0.2) is 0 Å². The first-order chi connectivity index (χ1) is 3.48. The smallest absolute Gasteiger partial charge is 0.0644 e. The van der Waals surface area contributed by atoms with Crippen LogP contribution in [0.15, 0.2) is 12.2 Å². The van der Waals surface area contributed by atoms with Crippen molar-refractivity contribution < 1.29 is 5.11 Å². The van der Waals surface area contributed by atoms with E-state index in [4.69, 9.17) is 5.11 Å². The van der Waals surface area contributed by atoms with Crippen molar-refractivity contribution in [1.29, 1.82) is 0 Å². The van der Waals surface area contributed by atoms with E-state index in [-0.39, 0.29) is 12.0 Å². The van der Waals surface area contributed by atoms with Gasteiger partial charge in [0, 0.05) is 0 Å². The van der Waals surface area contributed by atoms with Gasteiger partial charge in [-0.2, -0.15) is 0 Å². The van der Waals surface area contributed by atoms with Crippen LogP contribution in [0.2, 0.25) is 0 Å². The van der Waals surface area contributed by atoms with Crippen LogP contribution in [-0.4, -0.2) is 11.7 Å². The molecule has 1 nitrogen and oxygen atoms in total. The quantitative estimate of drug-likeness (QED) is 0.513. The number of aliphatic hydroxyl groups is 1. The molecular formula is C7H14O. The first kappa shape index (κ1) is 7.70. The fraction of sp³-hybridized carbons (Fsp3) is 0.714. The van der Waals surface area contributed by atoms with E-state index < -0.39 is 0 Å². The fourth-order valence-corrected chi connectivity index (χ4v) is 0.237. The van der Waals surface area contributed by atoms with E-state index in [2.05, 4.69) is 6.58 Å². The summed E-state index contributed by atoms with van der Waals surface area (Å²) in [7, 11) is 0. The van der Waals surface area contributed by atoms with E-state index in [0.29, 0.717) is 0 Å². The predicted molar refractivity (Wildman–Crippen MR) is 35.7 cm³/mol. The van der Waals surface area contributed by atoms with Gasteiger partial charge in [-0.3, -0.25) is 0 Å². The van der Waals surface area contributed by atoms with Gasteiger partial charge in [-0.1, -0.05) is 27.4 Å². The van der Waals surface area contributed by atoms with Crippen molar-refractivity contribution in [3.8, 4) is 0 Å². The summed E-state index contributed by atoms with van der Waals surface area (Å²) in [5.74, 6) is 0. The summed E-state index contributed by atoms with van der Waals surface area (Å²) in [6.07, 6.45) is 0. The Bertz CT molecular complexity index is 87.1. The van der Waals surface area contributed by atoms with Gasteiger partial charge in [-0.05, 0) is 11.0 Å². The minimum absolute atomic E-state index is 0.0642. The first-order valence-corrected chi connectivity index (χ1v) is 2.77. The molecular weight excluding hydrogens is 100 g/mol. The third-order valence-electron chi connectivity index (χ3n) is 1.25. The van der Waals surface area contributed by atoms with Crippen LogP contribution in [0.25, 0.3) is 0 Å². The van der Waals surface area contributed by atoms with Crippen molar-refractivity contribution in [2.45, 2.75) is 20.8 Å². The van der Waals surface area contributed by atoms with Gasteiger partial charge in [0.2, 0.25) is 0 Å². The maximum absolute atomic E-state index is 8.57. The van der Waals surface area contributed by atoms with Crippen molar-refractivity contribution in [3.63, 3.8) is 0 Å². The molecule has 1 N–H and O–H groups in total. The molecule has 8 heavy (non-hydrogen) atoms. The Morgan fingerprint density at radius 1 is 1.50 bits per heavy atom. The van der Waals surface area contributed by atoms with Crippen LogP contribution in [0.5, 0.6) is 0 Å². The van der Waals surface area contributed by atoms with E-state index in [1.807, 2.05) is 20.8 Å². The Balaban J connectivity index is 3.82. The van der Waals surface area contributed by atoms with Gasteiger partial charge < -0.3 is 5.11 Å². The third kappa shape index (κ3) is 2.12. The third-order valence-corrected chi connectivity index (χ3v) is 1.25. The SMILES string of the molecule is C=C(CO)C(C)(C)C. The highest BCUT2D eigenvalue weighted by Crippen LogP contribution is 2.21. The summed E-state index contributed by atoms with van der Waals surface area (Å²) in [6, 6.07) is 0. The lowest BCUT2D eigenvalue weighted by Gasteiger charge is -2.19. The Morgan fingerprint density at radius 2 is 1.88 bits per heavy atom. The van der Waals surface area contributed by atoms with Gasteiger partial charge in [0.1, 0.15) is 0 Å². The molecule has 0 aromatic carbocycles. The van der Waals surface area contributed by atoms with E-state index in [0.717, 1.165) is 5.57 Å². The zero-order valence-electron chi connectivity index (χ0n) is 5.86. The summed E-state index contributed by atoms with van der Waals surface area (Å²) < 4.78 is 0. The van der Waals surface area contributed by atoms with Crippen LogP contribution < -0.4 is 0 Å². The van der Waals surface area contributed by atoms with E-state index >= 15 is 0 Å². The molecule has 0 saturated heterocycles. The number of hydrogen-bond donors (Lipinski definition) is 1. The predicted octanol–water partition coefficient (Wildman–Crippen LogP) is 1.58. The molecule has 0 rings (SSSR count). The van der Waals surface area contributed by atoms with Crippen molar-refractivity contribution in [2.24, 2.45) is 5.41 Å². The highest BCUT2D eigenvalue weighted by Gasteiger charge is 2.12. The van der Waals surface area contributed by atoms with Gasteiger partial charge in [-0.25, -0.2) is 0 Å². The van der Waals surface area contributed by atoms with Gasteiger partial charge in [-0.15, -0.1) is 0 Å². The molecule has 0 aromatic heterocycles. The fourth-order valence-electron chi connectivity index (χ4n) is 0.237. The molecule has 0 aliphatic heterocycles. The van der Waals surface area contributed by atoms with Gasteiger partial charge in [0.25, 0.3) is 0 Å². The Hall–Kier alpha value is -0.300. The molecule has 1 heteroatoms. The highest BCUT2D eigenvalue weighted by molar-refractivity contribution is 5.04. The Kier molecular flexibility index (Phi) is 2.23. The Labute approximate surface area is 51.0 Å². The molecule has 0 aliphatic carbocycles. The monoisotopic (exact) mass is 114 g/mol. The largest absolute Gasteiger partial charge is 0.392 e. The molecule has 0 aromatic rings. The first-order valence-electron chi connectivity index (χ1n) is 2.77. The van der Waals surface area contributed by atoms with Crippen molar-refractivity contribution in [3.05, 3.63) is 12.2 Å². The number of hydrogen-bond acceptors (Lipinski definition) is 1. The maximum atomic E-state index is 8.57. The molecule has 0 radical (unpaired) electrons. The zero-order chi connectivity index (χ0) is 6.78. The summed E-state index contributed by atoms with van der Waals surface area (Å²) >= 11 is 0. The average Bonchev–Trinajstić information content (AvgIpc) is 1.62. The van der Waals surface area contributed by atoms with E-state index in [1.54, 1.807) is 0 Å². The molecule has 0 fully saturated rings. The topological polar surface area (TPSA) is 20.2 Å². The second-order valence-corrected chi connectivity index (χ2v) is 3.01. The van der Waals surface area contributed by atoms with E-state index in [9.17, 15) is 0 Å². The number of aliphatic hydroxyl groups excluding tert-OH is 1. The second-order valence-electron chi connectivity index (χ2n) is 3.01. The number of rotatable bonds is 1. The summed E-state index contributed by atoms with van der Waals surface area (Å²) in [4.78, 5) is 0. The maximum Gasteiger partial charge on any atom is 0.0644 e. The summed E-state index contributed by atoms with van der Waals surface area (Å²) in [5.41, 5.74) is 0.951. The van der Waals surface area contributed by atoms with Crippen molar-refractivity contribution in [2.75, 3.05) is 6.61 Å². The second kappa shape index (κ2) is 2.31. The van der Waals surface area contributed by atoms with Gasteiger partial charge >= 0.3 is 0 Å². The lowest BCUT2D eigenvalue weighted by Crippen LogP contribution is -2.10. The van der Waals surface area contributed by atoms with Crippen LogP contribution >= 0.6 is 0 Å². The van der Waals surface area contributed by atoms with E-state index in [1.165, 1.54) is 0 Å². The molecule has 0 heterocycles. The minimum atomic E-state index is 0.0642. The minimum Gasteiger partial charge on any atom is -0.392 e. The molecule has 0 saturated carbocycles. The molecule has 0 unspecified atom stereocenters. The lowest BCUT2D eigenvalue weighted by molar-refractivity contribution is 0.297. The van der Waals surface area contributed by atoms with Crippen molar-refractivity contribution in [1.82, 2.24) is 0 Å². The molecule has 0 atom stereocenters. The normalized spacial score (nSPS) is 11.5. The van der Waals surface area contributed by atoms with Crippen LogP contribution in [0, 0.1) is 5.41 Å². The zero-order valence-corrected chi connectivity index (χ0v) is 5.86. The van der Waals surface area contributed by atoms with Crippen LogP contribution in [0.1, 0.15) is 20.8 Å².